The molecule has 82 valence electrons. The van der Waals surface area contributed by atoms with Crippen LogP contribution in [-0.2, 0) is 4.79 Å². The smallest absolute Gasteiger partial charge is 0.332 e. The molecule has 3 nitrogen and oxygen atoms in total. The number of aliphatic carboxylic acids is 1. The molecule has 1 atom stereocenters. The fraction of sp³-hybridized carbons (Fsp3) is 0.727. The van der Waals surface area contributed by atoms with Crippen molar-refractivity contribution in [3.05, 3.63) is 12.2 Å². The third-order valence-corrected chi connectivity index (χ3v) is 2.34. The minimum atomic E-state index is -0.981. The van der Waals surface area contributed by atoms with Crippen LogP contribution in [0.15, 0.2) is 12.2 Å². The van der Waals surface area contributed by atoms with Gasteiger partial charge in [-0.25, -0.2) is 4.79 Å². The highest BCUT2D eigenvalue weighted by Crippen LogP contribution is 2.10. The van der Waals surface area contributed by atoms with Gasteiger partial charge in [-0.15, -0.1) is 0 Å². The first-order valence-corrected chi connectivity index (χ1v) is 5.27. The van der Waals surface area contributed by atoms with Crippen molar-refractivity contribution in [2.24, 2.45) is 5.73 Å². The molecule has 0 amide bonds. The number of carbonyl (C=O) groups is 1. The van der Waals surface area contributed by atoms with Crippen molar-refractivity contribution < 1.29 is 9.90 Å². The van der Waals surface area contributed by atoms with Gasteiger partial charge in [-0.05, 0) is 6.42 Å². The monoisotopic (exact) mass is 199 g/mol. The van der Waals surface area contributed by atoms with E-state index < -0.39 is 5.97 Å². The Morgan fingerprint density at radius 1 is 1.36 bits per heavy atom. The first-order chi connectivity index (χ1) is 6.59. The van der Waals surface area contributed by atoms with E-state index in [1.807, 2.05) is 0 Å². The highest BCUT2D eigenvalue weighted by atomic mass is 16.4. The molecule has 0 spiro atoms. The van der Waals surface area contributed by atoms with Gasteiger partial charge in [-0.3, -0.25) is 0 Å². The highest BCUT2D eigenvalue weighted by Gasteiger charge is 2.12. The van der Waals surface area contributed by atoms with E-state index >= 15 is 0 Å². The van der Waals surface area contributed by atoms with E-state index in [4.69, 9.17) is 10.8 Å². The molecule has 3 N–H and O–H groups in total. The molecule has 0 fully saturated rings. The summed E-state index contributed by atoms with van der Waals surface area (Å²) in [6.45, 7) is 5.61. The van der Waals surface area contributed by atoms with Crippen molar-refractivity contribution >= 4 is 5.97 Å². The maximum absolute atomic E-state index is 10.5. The summed E-state index contributed by atoms with van der Waals surface area (Å²) in [7, 11) is 0. The second-order valence-corrected chi connectivity index (χ2v) is 3.64. The van der Waals surface area contributed by atoms with E-state index in [1.165, 1.54) is 19.3 Å². The number of carboxylic acids is 1. The summed E-state index contributed by atoms with van der Waals surface area (Å²) in [6, 6.07) is -0.380. The molecule has 0 bridgehead atoms. The molecular formula is C11H21NO2. The molecule has 0 heterocycles. The lowest BCUT2D eigenvalue weighted by atomic mass is 10.0. The Balaban J connectivity index is 3.49. The summed E-state index contributed by atoms with van der Waals surface area (Å²) in [5.41, 5.74) is 5.78. The number of carboxylic acid groups (broad SMARTS) is 1. The summed E-state index contributed by atoms with van der Waals surface area (Å²) in [4.78, 5) is 10.5. The molecule has 0 radical (unpaired) electrons. The SMILES string of the molecule is C=C(C(=O)O)C(N)CCCCCCC. The standard InChI is InChI=1S/C11H21NO2/c1-3-4-5-6-7-8-10(12)9(2)11(13)14/h10H,2-8,12H2,1H3,(H,13,14). The zero-order valence-electron chi connectivity index (χ0n) is 8.96. The Kier molecular flexibility index (Phi) is 7.11. The quantitative estimate of drug-likeness (QED) is 0.466. The molecule has 0 aliphatic rings. The van der Waals surface area contributed by atoms with Gasteiger partial charge in [0.25, 0.3) is 0 Å². The van der Waals surface area contributed by atoms with E-state index in [2.05, 4.69) is 13.5 Å². The number of rotatable bonds is 8. The summed E-state index contributed by atoms with van der Waals surface area (Å²) in [5, 5.41) is 8.61. The second-order valence-electron chi connectivity index (χ2n) is 3.64. The molecular weight excluding hydrogens is 178 g/mol. The molecule has 14 heavy (non-hydrogen) atoms. The van der Waals surface area contributed by atoms with E-state index in [1.54, 1.807) is 0 Å². The Labute approximate surface area is 86.0 Å². The first-order valence-electron chi connectivity index (χ1n) is 5.27. The van der Waals surface area contributed by atoms with Crippen LogP contribution in [0.25, 0.3) is 0 Å². The summed E-state index contributed by atoms with van der Waals surface area (Å²) in [6.07, 6.45) is 6.53. The average Bonchev–Trinajstić information content (AvgIpc) is 2.16. The lowest BCUT2D eigenvalue weighted by molar-refractivity contribution is -0.132. The van der Waals surface area contributed by atoms with Gasteiger partial charge >= 0.3 is 5.97 Å². The van der Waals surface area contributed by atoms with Crippen LogP contribution in [-0.4, -0.2) is 17.1 Å². The van der Waals surface area contributed by atoms with Crippen molar-refractivity contribution in [1.29, 1.82) is 0 Å². The van der Waals surface area contributed by atoms with E-state index in [0.29, 0.717) is 0 Å². The van der Waals surface area contributed by atoms with Gasteiger partial charge in [-0.1, -0.05) is 45.6 Å². The van der Waals surface area contributed by atoms with Crippen LogP contribution in [0.1, 0.15) is 45.4 Å². The topological polar surface area (TPSA) is 63.3 Å². The first kappa shape index (κ1) is 13.2. The fourth-order valence-corrected chi connectivity index (χ4v) is 1.30. The maximum Gasteiger partial charge on any atom is 0.332 e. The van der Waals surface area contributed by atoms with Crippen LogP contribution < -0.4 is 5.73 Å². The van der Waals surface area contributed by atoms with E-state index in [-0.39, 0.29) is 11.6 Å². The van der Waals surface area contributed by atoms with Gasteiger partial charge in [-0.2, -0.15) is 0 Å². The highest BCUT2D eigenvalue weighted by molar-refractivity contribution is 5.87. The number of hydrogen-bond acceptors (Lipinski definition) is 2. The summed E-state index contributed by atoms with van der Waals surface area (Å²) in [5.74, 6) is -0.981. The van der Waals surface area contributed by atoms with Crippen LogP contribution in [0.5, 0.6) is 0 Å². The molecule has 0 saturated carbocycles. The van der Waals surface area contributed by atoms with Crippen LogP contribution >= 0.6 is 0 Å². The van der Waals surface area contributed by atoms with Gasteiger partial charge in [0.1, 0.15) is 0 Å². The van der Waals surface area contributed by atoms with Gasteiger partial charge in [0.05, 0.1) is 0 Å². The maximum atomic E-state index is 10.5. The molecule has 0 aromatic rings. The number of unbranched alkanes of at least 4 members (excludes halogenated alkanes) is 4. The largest absolute Gasteiger partial charge is 0.478 e. The van der Waals surface area contributed by atoms with Gasteiger partial charge in [0.2, 0.25) is 0 Å². The van der Waals surface area contributed by atoms with Crippen LogP contribution in [0.2, 0.25) is 0 Å². The Hall–Kier alpha value is -0.830. The molecule has 0 saturated heterocycles. The van der Waals surface area contributed by atoms with Crippen molar-refractivity contribution in [3.8, 4) is 0 Å². The van der Waals surface area contributed by atoms with Crippen LogP contribution in [0, 0.1) is 0 Å². The van der Waals surface area contributed by atoms with Crippen molar-refractivity contribution in [3.63, 3.8) is 0 Å². The van der Waals surface area contributed by atoms with Crippen molar-refractivity contribution in [1.82, 2.24) is 0 Å². The minimum Gasteiger partial charge on any atom is -0.478 e. The fourth-order valence-electron chi connectivity index (χ4n) is 1.30. The number of nitrogens with two attached hydrogens (primary N) is 1. The minimum absolute atomic E-state index is 0.125. The average molecular weight is 199 g/mol. The molecule has 1 unspecified atom stereocenters. The predicted molar refractivity (Wildman–Crippen MR) is 58.1 cm³/mol. The zero-order chi connectivity index (χ0) is 11.0. The van der Waals surface area contributed by atoms with E-state index in [9.17, 15) is 4.79 Å². The Bertz CT molecular complexity index is 190. The molecule has 0 aliphatic carbocycles. The van der Waals surface area contributed by atoms with Gasteiger partial charge < -0.3 is 10.8 Å². The van der Waals surface area contributed by atoms with Crippen LogP contribution in [0.3, 0.4) is 0 Å². The van der Waals surface area contributed by atoms with E-state index in [0.717, 1.165) is 19.3 Å². The molecule has 0 aromatic heterocycles. The molecule has 0 aliphatic heterocycles. The number of hydrogen-bond donors (Lipinski definition) is 2. The van der Waals surface area contributed by atoms with Crippen molar-refractivity contribution in [2.75, 3.05) is 0 Å². The normalized spacial score (nSPS) is 12.4. The lowest BCUT2D eigenvalue weighted by Gasteiger charge is -2.10. The summed E-state index contributed by atoms with van der Waals surface area (Å²) < 4.78 is 0. The summed E-state index contributed by atoms with van der Waals surface area (Å²) >= 11 is 0. The lowest BCUT2D eigenvalue weighted by Crippen LogP contribution is -2.26. The van der Waals surface area contributed by atoms with Gasteiger partial charge in [0, 0.05) is 11.6 Å². The third-order valence-electron chi connectivity index (χ3n) is 2.34. The van der Waals surface area contributed by atoms with Gasteiger partial charge in [0.15, 0.2) is 0 Å². The Morgan fingerprint density at radius 2 is 1.93 bits per heavy atom. The zero-order valence-corrected chi connectivity index (χ0v) is 8.96. The molecule has 3 heteroatoms. The second kappa shape index (κ2) is 7.56. The predicted octanol–water partition coefficient (Wildman–Crippen LogP) is 2.32. The molecule has 0 rings (SSSR count). The van der Waals surface area contributed by atoms with Crippen molar-refractivity contribution in [2.45, 2.75) is 51.5 Å². The molecule has 0 aromatic carbocycles. The van der Waals surface area contributed by atoms with Crippen LogP contribution in [0.4, 0.5) is 0 Å². The third kappa shape index (κ3) is 5.75. The Morgan fingerprint density at radius 3 is 2.43 bits per heavy atom.